The average molecular weight is 204 g/mol. The summed E-state index contributed by atoms with van der Waals surface area (Å²) in [6.45, 7) is 3.40. The molecule has 0 aromatic heterocycles. The second-order valence-electron chi connectivity index (χ2n) is 3.08. The summed E-state index contributed by atoms with van der Waals surface area (Å²) < 4.78 is 9.33. The predicted octanol–water partition coefficient (Wildman–Crippen LogP) is 1.08. The SMILES string of the molecule is CCCCC(C)(OC(N)=O)OC(N)=O. The van der Waals surface area contributed by atoms with E-state index in [1.165, 1.54) is 6.92 Å². The van der Waals surface area contributed by atoms with Gasteiger partial charge < -0.3 is 20.9 Å². The lowest BCUT2D eigenvalue weighted by molar-refractivity contribution is -0.149. The molecule has 0 saturated heterocycles. The molecule has 0 bridgehead atoms. The first kappa shape index (κ1) is 12.5. The fraction of sp³-hybridized carbons (Fsp3) is 0.750. The zero-order valence-corrected chi connectivity index (χ0v) is 8.41. The maximum Gasteiger partial charge on any atom is 0.407 e. The molecule has 14 heavy (non-hydrogen) atoms. The molecule has 0 aliphatic rings. The van der Waals surface area contributed by atoms with Gasteiger partial charge in [-0.15, -0.1) is 0 Å². The number of primary amides is 2. The Kier molecular flexibility index (Phi) is 4.76. The Morgan fingerprint density at radius 2 is 1.64 bits per heavy atom. The van der Waals surface area contributed by atoms with Gasteiger partial charge >= 0.3 is 12.2 Å². The summed E-state index contributed by atoms with van der Waals surface area (Å²) in [5.74, 6) is -1.35. The van der Waals surface area contributed by atoms with Crippen molar-refractivity contribution >= 4 is 12.2 Å². The van der Waals surface area contributed by atoms with Gasteiger partial charge in [-0.2, -0.15) is 0 Å². The first-order valence-electron chi connectivity index (χ1n) is 4.36. The van der Waals surface area contributed by atoms with Crippen molar-refractivity contribution in [3.8, 4) is 0 Å². The van der Waals surface area contributed by atoms with Gasteiger partial charge in [0.25, 0.3) is 5.79 Å². The molecule has 0 atom stereocenters. The highest BCUT2D eigenvalue weighted by Crippen LogP contribution is 2.20. The summed E-state index contributed by atoms with van der Waals surface area (Å²) in [4.78, 5) is 21.1. The Morgan fingerprint density at radius 1 is 1.21 bits per heavy atom. The van der Waals surface area contributed by atoms with E-state index >= 15 is 0 Å². The Labute approximate surface area is 82.5 Å². The minimum absolute atomic E-state index is 0.370. The highest BCUT2D eigenvalue weighted by molar-refractivity contribution is 5.67. The minimum atomic E-state index is -1.35. The van der Waals surface area contributed by atoms with E-state index in [1.807, 2.05) is 6.92 Å². The lowest BCUT2D eigenvalue weighted by atomic mass is 10.1. The molecule has 4 N–H and O–H groups in total. The number of hydrogen-bond donors (Lipinski definition) is 2. The molecule has 0 heterocycles. The number of nitrogens with two attached hydrogens (primary N) is 2. The molecule has 0 spiro atoms. The number of hydrogen-bond acceptors (Lipinski definition) is 4. The largest absolute Gasteiger partial charge is 0.407 e. The zero-order valence-electron chi connectivity index (χ0n) is 8.41. The van der Waals surface area contributed by atoms with Gasteiger partial charge in [0.05, 0.1) is 0 Å². The molecule has 0 saturated carbocycles. The van der Waals surface area contributed by atoms with Crippen molar-refractivity contribution in [2.75, 3.05) is 0 Å². The van der Waals surface area contributed by atoms with Gasteiger partial charge in [-0.3, -0.25) is 0 Å². The molecule has 0 unspecified atom stereocenters. The van der Waals surface area contributed by atoms with Crippen molar-refractivity contribution in [1.82, 2.24) is 0 Å². The van der Waals surface area contributed by atoms with Gasteiger partial charge in [-0.25, -0.2) is 9.59 Å². The average Bonchev–Trinajstić information content (AvgIpc) is 1.97. The van der Waals surface area contributed by atoms with E-state index in [9.17, 15) is 9.59 Å². The number of rotatable bonds is 5. The van der Waals surface area contributed by atoms with E-state index in [1.54, 1.807) is 0 Å². The van der Waals surface area contributed by atoms with Crippen molar-refractivity contribution in [3.63, 3.8) is 0 Å². The molecule has 6 nitrogen and oxygen atoms in total. The highest BCUT2D eigenvalue weighted by atomic mass is 16.7. The Morgan fingerprint density at radius 3 is 1.93 bits per heavy atom. The van der Waals surface area contributed by atoms with Crippen LogP contribution in [0.3, 0.4) is 0 Å². The fourth-order valence-electron chi connectivity index (χ4n) is 1.05. The van der Waals surface area contributed by atoms with Crippen LogP contribution in [0.2, 0.25) is 0 Å². The first-order chi connectivity index (χ1) is 6.39. The number of unbranched alkanes of at least 4 members (excludes halogenated alkanes) is 1. The van der Waals surface area contributed by atoms with Crippen LogP contribution in [0.4, 0.5) is 9.59 Å². The normalized spacial score (nSPS) is 10.7. The molecule has 2 amide bonds. The number of carbonyl (C=O) groups excluding carboxylic acids is 2. The molecular formula is C8H16N2O4. The third-order valence-corrected chi connectivity index (χ3v) is 1.62. The van der Waals surface area contributed by atoms with Gasteiger partial charge in [0.1, 0.15) is 0 Å². The van der Waals surface area contributed by atoms with E-state index in [4.69, 9.17) is 11.5 Å². The van der Waals surface area contributed by atoms with E-state index in [0.29, 0.717) is 6.42 Å². The molecule has 0 fully saturated rings. The third-order valence-electron chi connectivity index (χ3n) is 1.62. The van der Waals surface area contributed by atoms with Crippen molar-refractivity contribution in [2.45, 2.75) is 38.9 Å². The van der Waals surface area contributed by atoms with Crippen LogP contribution in [0.1, 0.15) is 33.1 Å². The summed E-state index contributed by atoms with van der Waals surface area (Å²) in [6, 6.07) is 0. The summed E-state index contributed by atoms with van der Waals surface area (Å²) in [6.07, 6.45) is -0.0126. The summed E-state index contributed by atoms with van der Waals surface area (Å²) in [5.41, 5.74) is 9.67. The molecule has 82 valence electrons. The van der Waals surface area contributed by atoms with Gasteiger partial charge in [0.2, 0.25) is 0 Å². The second-order valence-corrected chi connectivity index (χ2v) is 3.08. The van der Waals surface area contributed by atoms with Crippen LogP contribution in [0.15, 0.2) is 0 Å². The Hall–Kier alpha value is -1.46. The van der Waals surface area contributed by atoms with Crippen molar-refractivity contribution in [1.29, 1.82) is 0 Å². The van der Waals surface area contributed by atoms with Gasteiger partial charge in [-0.1, -0.05) is 13.3 Å². The summed E-state index contributed by atoms with van der Waals surface area (Å²) in [5, 5.41) is 0. The first-order valence-corrected chi connectivity index (χ1v) is 4.36. The van der Waals surface area contributed by atoms with Crippen LogP contribution in [0.25, 0.3) is 0 Å². The zero-order chi connectivity index (χ0) is 11.2. The van der Waals surface area contributed by atoms with Crippen LogP contribution in [0, 0.1) is 0 Å². The van der Waals surface area contributed by atoms with E-state index in [0.717, 1.165) is 12.8 Å². The number of amides is 2. The van der Waals surface area contributed by atoms with Gasteiger partial charge in [-0.05, 0) is 6.42 Å². The molecular weight excluding hydrogens is 188 g/mol. The molecule has 0 aromatic rings. The van der Waals surface area contributed by atoms with E-state index in [2.05, 4.69) is 9.47 Å². The van der Waals surface area contributed by atoms with Crippen LogP contribution in [-0.4, -0.2) is 18.0 Å². The number of ether oxygens (including phenoxy) is 2. The maximum atomic E-state index is 10.5. The lowest BCUT2D eigenvalue weighted by Crippen LogP contribution is -2.40. The summed E-state index contributed by atoms with van der Waals surface area (Å²) in [7, 11) is 0. The van der Waals surface area contributed by atoms with Crippen molar-refractivity contribution in [2.24, 2.45) is 11.5 Å². The smallest absolute Gasteiger partial charge is 0.407 e. The van der Waals surface area contributed by atoms with Gasteiger partial charge in [0.15, 0.2) is 0 Å². The Balaban J connectivity index is 4.31. The summed E-state index contributed by atoms with van der Waals surface area (Å²) >= 11 is 0. The minimum Gasteiger partial charge on any atom is -0.407 e. The van der Waals surface area contributed by atoms with E-state index < -0.39 is 18.0 Å². The third kappa shape index (κ3) is 5.23. The topological polar surface area (TPSA) is 105 Å². The lowest BCUT2D eigenvalue weighted by Gasteiger charge is -2.27. The standard InChI is InChI=1S/C8H16N2O4/c1-3-4-5-8(2,13-6(9)11)14-7(10)12/h3-5H2,1-2H3,(H2,9,11)(H2,10,12). The van der Waals surface area contributed by atoms with Crippen LogP contribution in [0.5, 0.6) is 0 Å². The second kappa shape index (κ2) is 5.31. The molecule has 0 aliphatic carbocycles. The van der Waals surface area contributed by atoms with Crippen LogP contribution >= 0.6 is 0 Å². The molecule has 0 rings (SSSR count). The fourth-order valence-corrected chi connectivity index (χ4v) is 1.05. The monoisotopic (exact) mass is 204 g/mol. The molecule has 0 radical (unpaired) electrons. The molecule has 0 aliphatic heterocycles. The van der Waals surface area contributed by atoms with Crippen molar-refractivity contribution in [3.05, 3.63) is 0 Å². The van der Waals surface area contributed by atoms with Crippen molar-refractivity contribution < 1.29 is 19.1 Å². The molecule has 0 aromatic carbocycles. The molecule has 6 heteroatoms. The van der Waals surface area contributed by atoms with Crippen LogP contribution < -0.4 is 11.5 Å². The predicted molar refractivity (Wildman–Crippen MR) is 49.3 cm³/mol. The Bertz CT molecular complexity index is 201. The highest BCUT2D eigenvalue weighted by Gasteiger charge is 2.31. The quantitative estimate of drug-likeness (QED) is 0.653. The van der Waals surface area contributed by atoms with Crippen LogP contribution in [-0.2, 0) is 9.47 Å². The van der Waals surface area contributed by atoms with Gasteiger partial charge in [0, 0.05) is 13.3 Å². The number of carbonyl (C=O) groups is 2. The maximum absolute atomic E-state index is 10.5. The van der Waals surface area contributed by atoms with E-state index in [-0.39, 0.29) is 0 Å².